The van der Waals surface area contributed by atoms with E-state index in [1.54, 1.807) is 49.4 Å². The summed E-state index contributed by atoms with van der Waals surface area (Å²) in [5.74, 6) is -0.994. The molecule has 0 radical (unpaired) electrons. The zero-order valence-corrected chi connectivity index (χ0v) is 17.0. The van der Waals surface area contributed by atoms with Crippen molar-refractivity contribution in [1.82, 2.24) is 5.43 Å². The highest BCUT2D eigenvalue weighted by Crippen LogP contribution is 2.22. The Morgan fingerprint density at radius 2 is 1.70 bits per heavy atom. The number of hydrogen-bond donors (Lipinski definition) is 2. The van der Waals surface area contributed by atoms with Gasteiger partial charge in [-0.05, 0) is 60.0 Å². The minimum absolute atomic E-state index is 0.470. The summed E-state index contributed by atoms with van der Waals surface area (Å²) in [6, 6.07) is 22.1. The number of nitrogens with zero attached hydrogens (tertiary/aromatic N) is 1. The topological polar surface area (TPSA) is 79.8 Å². The van der Waals surface area contributed by atoms with Crippen molar-refractivity contribution < 1.29 is 14.3 Å². The maximum atomic E-state index is 12.0. The van der Waals surface area contributed by atoms with Crippen LogP contribution in [0.25, 0.3) is 0 Å². The van der Waals surface area contributed by atoms with Gasteiger partial charge in [-0.1, -0.05) is 48.0 Å². The second kappa shape index (κ2) is 10.2. The summed E-state index contributed by atoms with van der Waals surface area (Å²) in [4.78, 5) is 23.9. The zero-order valence-electron chi connectivity index (χ0n) is 16.3. The molecule has 30 heavy (non-hydrogen) atoms. The number of halogens is 1. The van der Waals surface area contributed by atoms with E-state index < -0.39 is 11.8 Å². The van der Waals surface area contributed by atoms with E-state index in [-0.39, 0.29) is 0 Å². The van der Waals surface area contributed by atoms with Crippen LogP contribution in [0.2, 0.25) is 5.02 Å². The predicted molar refractivity (Wildman–Crippen MR) is 118 cm³/mol. The Kier molecular flexibility index (Phi) is 7.19. The molecule has 0 aliphatic carbocycles. The molecule has 0 aliphatic rings. The normalized spacial score (nSPS) is 10.6. The third-order valence-electron chi connectivity index (χ3n) is 4.23. The summed E-state index contributed by atoms with van der Waals surface area (Å²) >= 11 is 6.01. The van der Waals surface area contributed by atoms with E-state index in [1.165, 1.54) is 6.21 Å². The van der Waals surface area contributed by atoms with Gasteiger partial charge in [0.05, 0.1) is 6.21 Å². The molecule has 0 saturated heterocycles. The van der Waals surface area contributed by atoms with Crippen LogP contribution in [-0.4, -0.2) is 18.0 Å². The third kappa shape index (κ3) is 5.93. The molecule has 0 fully saturated rings. The SMILES string of the molecule is Cc1c(Cl)cccc1NC(=O)C(=O)NN=Cc1ccc(OCc2ccccc2)cc1. The van der Waals surface area contributed by atoms with E-state index in [9.17, 15) is 9.59 Å². The smallest absolute Gasteiger partial charge is 0.329 e. The molecular weight excluding hydrogens is 402 g/mol. The number of amides is 2. The lowest BCUT2D eigenvalue weighted by Gasteiger charge is -2.08. The first-order valence-corrected chi connectivity index (χ1v) is 9.57. The maximum Gasteiger partial charge on any atom is 0.329 e. The first kappa shape index (κ1) is 21.1. The number of rotatable bonds is 6. The van der Waals surface area contributed by atoms with E-state index in [0.29, 0.717) is 22.9 Å². The fraction of sp³-hybridized carbons (Fsp3) is 0.0870. The van der Waals surface area contributed by atoms with Crippen molar-refractivity contribution in [2.24, 2.45) is 5.10 Å². The number of carbonyl (C=O) groups is 2. The summed E-state index contributed by atoms with van der Waals surface area (Å²) < 4.78 is 5.72. The molecule has 0 atom stereocenters. The molecule has 0 heterocycles. The van der Waals surface area contributed by atoms with Gasteiger partial charge in [0.1, 0.15) is 12.4 Å². The lowest BCUT2D eigenvalue weighted by molar-refractivity contribution is -0.136. The number of hydrogen-bond acceptors (Lipinski definition) is 4. The van der Waals surface area contributed by atoms with Gasteiger partial charge < -0.3 is 10.1 Å². The number of benzene rings is 3. The average molecular weight is 422 g/mol. The number of carbonyl (C=O) groups excluding carboxylic acids is 2. The van der Waals surface area contributed by atoms with Crippen molar-refractivity contribution in [3.8, 4) is 5.75 Å². The van der Waals surface area contributed by atoms with Gasteiger partial charge in [-0.2, -0.15) is 5.10 Å². The van der Waals surface area contributed by atoms with Crippen molar-refractivity contribution in [2.75, 3.05) is 5.32 Å². The second-order valence-electron chi connectivity index (χ2n) is 6.41. The fourth-order valence-corrected chi connectivity index (χ4v) is 2.70. The fourth-order valence-electron chi connectivity index (χ4n) is 2.53. The standard InChI is InChI=1S/C23H20ClN3O3/c1-16-20(24)8-5-9-21(16)26-22(28)23(29)27-25-14-17-10-12-19(13-11-17)30-15-18-6-3-2-4-7-18/h2-14H,15H2,1H3,(H,26,28)(H,27,29). The maximum absolute atomic E-state index is 12.0. The van der Waals surface area contributed by atoms with Crippen LogP contribution < -0.4 is 15.5 Å². The monoisotopic (exact) mass is 421 g/mol. The van der Waals surface area contributed by atoms with E-state index in [4.69, 9.17) is 16.3 Å². The van der Waals surface area contributed by atoms with Gasteiger partial charge >= 0.3 is 11.8 Å². The Morgan fingerprint density at radius 3 is 2.43 bits per heavy atom. The Labute approximate surface area is 179 Å². The number of nitrogens with one attached hydrogen (secondary N) is 2. The third-order valence-corrected chi connectivity index (χ3v) is 4.64. The minimum Gasteiger partial charge on any atom is -0.489 e. The van der Waals surface area contributed by atoms with Crippen molar-refractivity contribution >= 4 is 35.3 Å². The molecule has 0 bridgehead atoms. The molecule has 0 spiro atoms. The van der Waals surface area contributed by atoms with Crippen LogP contribution in [-0.2, 0) is 16.2 Å². The van der Waals surface area contributed by atoms with Crippen molar-refractivity contribution in [1.29, 1.82) is 0 Å². The molecule has 0 unspecified atom stereocenters. The van der Waals surface area contributed by atoms with Crippen LogP contribution in [0.3, 0.4) is 0 Å². The lowest BCUT2D eigenvalue weighted by atomic mass is 10.2. The second-order valence-corrected chi connectivity index (χ2v) is 6.82. The highest BCUT2D eigenvalue weighted by molar-refractivity contribution is 6.40. The molecule has 0 aromatic heterocycles. The molecule has 2 amide bonds. The van der Waals surface area contributed by atoms with Gasteiger partial charge in [-0.25, -0.2) is 5.43 Å². The van der Waals surface area contributed by atoms with Gasteiger partial charge in [-0.3, -0.25) is 9.59 Å². The van der Waals surface area contributed by atoms with Gasteiger partial charge in [0.2, 0.25) is 0 Å². The van der Waals surface area contributed by atoms with Crippen LogP contribution in [0.5, 0.6) is 5.75 Å². The highest BCUT2D eigenvalue weighted by atomic mass is 35.5. The van der Waals surface area contributed by atoms with Crippen LogP contribution in [0.15, 0.2) is 77.9 Å². The number of hydrazone groups is 1. The van der Waals surface area contributed by atoms with Gasteiger partial charge in [-0.15, -0.1) is 0 Å². The summed E-state index contributed by atoms with van der Waals surface area (Å²) in [5.41, 5.74) is 5.17. The Morgan fingerprint density at radius 1 is 0.967 bits per heavy atom. The van der Waals surface area contributed by atoms with E-state index in [2.05, 4.69) is 15.8 Å². The summed E-state index contributed by atoms with van der Waals surface area (Å²) in [6.07, 6.45) is 1.44. The zero-order chi connectivity index (χ0) is 21.3. The van der Waals surface area contributed by atoms with Gasteiger partial charge in [0.15, 0.2) is 0 Å². The van der Waals surface area contributed by atoms with Crippen molar-refractivity contribution in [2.45, 2.75) is 13.5 Å². The molecular formula is C23H20ClN3O3. The molecule has 3 aromatic rings. The van der Waals surface area contributed by atoms with Crippen LogP contribution in [0.4, 0.5) is 5.69 Å². The Bertz CT molecular complexity index is 1050. The van der Waals surface area contributed by atoms with E-state index >= 15 is 0 Å². The lowest BCUT2D eigenvalue weighted by Crippen LogP contribution is -2.32. The first-order valence-electron chi connectivity index (χ1n) is 9.19. The Hall–Kier alpha value is -3.64. The van der Waals surface area contributed by atoms with Crippen LogP contribution in [0, 0.1) is 6.92 Å². The molecule has 3 rings (SSSR count). The molecule has 152 valence electrons. The summed E-state index contributed by atoms with van der Waals surface area (Å²) in [7, 11) is 0. The van der Waals surface area contributed by atoms with Gasteiger partial charge in [0.25, 0.3) is 0 Å². The van der Waals surface area contributed by atoms with Gasteiger partial charge in [0, 0.05) is 10.7 Å². The molecule has 7 heteroatoms. The highest BCUT2D eigenvalue weighted by Gasteiger charge is 2.14. The molecule has 6 nitrogen and oxygen atoms in total. The summed E-state index contributed by atoms with van der Waals surface area (Å²) in [5, 5.41) is 6.83. The van der Waals surface area contributed by atoms with Crippen LogP contribution in [0.1, 0.15) is 16.7 Å². The van der Waals surface area contributed by atoms with Crippen molar-refractivity contribution in [3.05, 3.63) is 94.5 Å². The molecule has 2 N–H and O–H groups in total. The van der Waals surface area contributed by atoms with Crippen molar-refractivity contribution in [3.63, 3.8) is 0 Å². The predicted octanol–water partition coefficient (Wildman–Crippen LogP) is 4.32. The molecule has 0 saturated carbocycles. The van der Waals surface area contributed by atoms with E-state index in [1.807, 2.05) is 30.3 Å². The van der Waals surface area contributed by atoms with Crippen LogP contribution >= 0.6 is 11.6 Å². The molecule has 0 aliphatic heterocycles. The molecule has 3 aromatic carbocycles. The largest absolute Gasteiger partial charge is 0.489 e. The quantitative estimate of drug-likeness (QED) is 0.353. The Balaban J connectivity index is 1.49. The first-order chi connectivity index (χ1) is 14.5. The number of ether oxygens (including phenoxy) is 1. The number of anilines is 1. The van der Waals surface area contributed by atoms with E-state index in [0.717, 1.165) is 16.9 Å². The summed E-state index contributed by atoms with van der Waals surface area (Å²) in [6.45, 7) is 2.23. The minimum atomic E-state index is -0.881. The average Bonchev–Trinajstić information content (AvgIpc) is 2.77.